The molecular formula is C12H10ClNO2. The predicted molar refractivity (Wildman–Crippen MR) is 59.4 cm³/mol. The first-order valence-corrected chi connectivity index (χ1v) is 5.44. The van der Waals surface area contributed by atoms with Crippen LogP contribution in [-0.2, 0) is 4.79 Å². The zero-order valence-corrected chi connectivity index (χ0v) is 9.33. The molecule has 2 rings (SSSR count). The summed E-state index contributed by atoms with van der Waals surface area (Å²) in [6.45, 7) is 0.0275. The number of halogens is 1. The second kappa shape index (κ2) is 4.54. The average molecular weight is 236 g/mol. The van der Waals surface area contributed by atoms with E-state index in [4.69, 9.17) is 21.6 Å². The summed E-state index contributed by atoms with van der Waals surface area (Å²) in [4.78, 5) is 11.4. The molecule has 0 bridgehead atoms. The summed E-state index contributed by atoms with van der Waals surface area (Å²) >= 11 is 5.83. The SMILES string of the molecule is N#Cc1c(Cl)cccc1OCC(=O)C1CC1. The summed E-state index contributed by atoms with van der Waals surface area (Å²) < 4.78 is 5.32. The number of Topliss-reactive ketones (excluding diaryl/α,β-unsaturated/α-hetero) is 1. The van der Waals surface area contributed by atoms with Crippen LogP contribution in [0.25, 0.3) is 0 Å². The largest absolute Gasteiger partial charge is 0.484 e. The minimum absolute atomic E-state index is 0.0275. The Morgan fingerprint density at radius 3 is 2.94 bits per heavy atom. The summed E-state index contributed by atoms with van der Waals surface area (Å²) in [6.07, 6.45) is 1.92. The third-order valence-electron chi connectivity index (χ3n) is 2.49. The van der Waals surface area contributed by atoms with Crippen molar-refractivity contribution in [2.75, 3.05) is 6.61 Å². The average Bonchev–Trinajstić information content (AvgIpc) is 3.09. The second-order valence-corrected chi connectivity index (χ2v) is 4.16. The van der Waals surface area contributed by atoms with Crippen molar-refractivity contribution < 1.29 is 9.53 Å². The van der Waals surface area contributed by atoms with Crippen molar-refractivity contribution in [3.63, 3.8) is 0 Å². The minimum atomic E-state index is 0.0275. The number of rotatable bonds is 4. The van der Waals surface area contributed by atoms with Crippen LogP contribution in [0.15, 0.2) is 18.2 Å². The Morgan fingerprint density at radius 1 is 1.56 bits per heavy atom. The fourth-order valence-corrected chi connectivity index (χ4v) is 1.61. The molecule has 82 valence electrons. The molecule has 16 heavy (non-hydrogen) atoms. The molecular weight excluding hydrogens is 226 g/mol. The molecule has 0 amide bonds. The van der Waals surface area contributed by atoms with Crippen LogP contribution in [0, 0.1) is 17.2 Å². The molecule has 0 aromatic heterocycles. The lowest BCUT2D eigenvalue weighted by molar-refractivity contribution is -0.122. The van der Waals surface area contributed by atoms with Crippen LogP contribution in [0.5, 0.6) is 5.75 Å². The zero-order chi connectivity index (χ0) is 11.5. The van der Waals surface area contributed by atoms with Crippen LogP contribution in [-0.4, -0.2) is 12.4 Å². The standard InChI is InChI=1S/C12H10ClNO2/c13-10-2-1-3-12(9(10)6-14)16-7-11(15)8-4-5-8/h1-3,8H,4-5,7H2. The molecule has 0 saturated heterocycles. The monoisotopic (exact) mass is 235 g/mol. The number of hydrogen-bond acceptors (Lipinski definition) is 3. The van der Waals surface area contributed by atoms with Gasteiger partial charge in [0.15, 0.2) is 5.78 Å². The summed E-state index contributed by atoms with van der Waals surface area (Å²) in [5.74, 6) is 0.651. The molecule has 1 fully saturated rings. The number of nitrogens with zero attached hydrogens (tertiary/aromatic N) is 1. The van der Waals surface area contributed by atoms with Crippen molar-refractivity contribution in [2.45, 2.75) is 12.8 Å². The van der Waals surface area contributed by atoms with Crippen molar-refractivity contribution >= 4 is 17.4 Å². The van der Waals surface area contributed by atoms with E-state index >= 15 is 0 Å². The van der Waals surface area contributed by atoms with Gasteiger partial charge in [-0.05, 0) is 25.0 Å². The highest BCUT2D eigenvalue weighted by Crippen LogP contribution is 2.30. The predicted octanol–water partition coefficient (Wildman–Crippen LogP) is 2.57. The molecule has 0 heterocycles. The van der Waals surface area contributed by atoms with Gasteiger partial charge in [-0.1, -0.05) is 17.7 Å². The zero-order valence-electron chi connectivity index (χ0n) is 8.57. The third-order valence-corrected chi connectivity index (χ3v) is 2.80. The molecule has 0 aliphatic heterocycles. The van der Waals surface area contributed by atoms with Gasteiger partial charge in [0.05, 0.1) is 5.02 Å². The van der Waals surface area contributed by atoms with Gasteiger partial charge in [0.1, 0.15) is 24.0 Å². The minimum Gasteiger partial charge on any atom is -0.484 e. The second-order valence-electron chi connectivity index (χ2n) is 3.75. The Morgan fingerprint density at radius 2 is 2.31 bits per heavy atom. The quantitative estimate of drug-likeness (QED) is 0.806. The number of nitriles is 1. The van der Waals surface area contributed by atoms with Crippen molar-refractivity contribution in [3.8, 4) is 11.8 Å². The Kier molecular flexibility index (Phi) is 3.12. The van der Waals surface area contributed by atoms with E-state index in [-0.39, 0.29) is 23.9 Å². The Hall–Kier alpha value is -1.53. The van der Waals surface area contributed by atoms with Gasteiger partial charge in [-0.2, -0.15) is 5.26 Å². The van der Waals surface area contributed by atoms with E-state index in [1.807, 2.05) is 6.07 Å². The number of benzene rings is 1. The van der Waals surface area contributed by atoms with Gasteiger partial charge >= 0.3 is 0 Å². The fourth-order valence-electron chi connectivity index (χ4n) is 1.41. The van der Waals surface area contributed by atoms with Crippen LogP contribution in [0.1, 0.15) is 18.4 Å². The maximum Gasteiger partial charge on any atom is 0.173 e. The van der Waals surface area contributed by atoms with E-state index in [0.29, 0.717) is 10.8 Å². The van der Waals surface area contributed by atoms with Crippen LogP contribution >= 0.6 is 11.6 Å². The summed E-state index contributed by atoms with van der Waals surface area (Å²) in [5, 5.41) is 9.23. The van der Waals surface area contributed by atoms with Crippen molar-refractivity contribution in [2.24, 2.45) is 5.92 Å². The first-order valence-electron chi connectivity index (χ1n) is 5.06. The van der Waals surface area contributed by atoms with Crippen LogP contribution in [0.4, 0.5) is 0 Å². The Labute approximate surface area is 98.6 Å². The van der Waals surface area contributed by atoms with Crippen LogP contribution < -0.4 is 4.74 Å². The van der Waals surface area contributed by atoms with Gasteiger partial charge in [-0.15, -0.1) is 0 Å². The molecule has 1 aromatic carbocycles. The lowest BCUT2D eigenvalue weighted by Gasteiger charge is -2.07. The van der Waals surface area contributed by atoms with E-state index in [0.717, 1.165) is 12.8 Å². The van der Waals surface area contributed by atoms with Crippen LogP contribution in [0.3, 0.4) is 0 Å². The maximum atomic E-state index is 11.4. The molecule has 0 radical (unpaired) electrons. The van der Waals surface area contributed by atoms with Gasteiger partial charge in [-0.25, -0.2) is 0 Å². The van der Waals surface area contributed by atoms with E-state index in [2.05, 4.69) is 0 Å². The van der Waals surface area contributed by atoms with Gasteiger partial charge in [0, 0.05) is 5.92 Å². The van der Waals surface area contributed by atoms with Gasteiger partial charge in [-0.3, -0.25) is 4.79 Å². The molecule has 1 saturated carbocycles. The molecule has 0 spiro atoms. The molecule has 0 N–H and O–H groups in total. The van der Waals surface area contributed by atoms with Crippen molar-refractivity contribution in [1.29, 1.82) is 5.26 Å². The summed E-state index contributed by atoms with van der Waals surface area (Å²) in [7, 11) is 0. The molecule has 0 atom stereocenters. The summed E-state index contributed by atoms with van der Waals surface area (Å²) in [5.41, 5.74) is 0.285. The number of carbonyl (C=O) groups excluding carboxylic acids is 1. The molecule has 1 aliphatic carbocycles. The first kappa shape index (κ1) is 11.0. The Balaban J connectivity index is 2.06. The van der Waals surface area contributed by atoms with Crippen molar-refractivity contribution in [1.82, 2.24) is 0 Å². The van der Waals surface area contributed by atoms with E-state index in [9.17, 15) is 4.79 Å². The van der Waals surface area contributed by atoms with Gasteiger partial charge in [0.25, 0.3) is 0 Å². The van der Waals surface area contributed by atoms with E-state index in [1.54, 1.807) is 18.2 Å². The number of hydrogen-bond donors (Lipinski definition) is 0. The molecule has 3 nitrogen and oxygen atoms in total. The lowest BCUT2D eigenvalue weighted by atomic mass is 10.2. The summed E-state index contributed by atoms with van der Waals surface area (Å²) in [6, 6.07) is 6.92. The molecule has 1 aromatic rings. The van der Waals surface area contributed by atoms with E-state index in [1.165, 1.54) is 0 Å². The molecule has 1 aliphatic rings. The van der Waals surface area contributed by atoms with Crippen LogP contribution in [0.2, 0.25) is 5.02 Å². The maximum absolute atomic E-state index is 11.4. The topological polar surface area (TPSA) is 50.1 Å². The number of ether oxygens (including phenoxy) is 1. The molecule has 4 heteroatoms. The highest BCUT2D eigenvalue weighted by Gasteiger charge is 2.29. The number of ketones is 1. The third kappa shape index (κ3) is 2.34. The number of carbonyl (C=O) groups is 1. The Bertz CT molecular complexity index is 461. The highest BCUT2D eigenvalue weighted by molar-refractivity contribution is 6.31. The first-order chi connectivity index (χ1) is 7.72. The molecule has 0 unspecified atom stereocenters. The fraction of sp³-hybridized carbons (Fsp3) is 0.333. The normalized spacial score (nSPS) is 14.2. The van der Waals surface area contributed by atoms with E-state index < -0.39 is 0 Å². The lowest BCUT2D eigenvalue weighted by Crippen LogP contribution is -2.13. The smallest absolute Gasteiger partial charge is 0.173 e. The van der Waals surface area contributed by atoms with Gasteiger partial charge < -0.3 is 4.74 Å². The van der Waals surface area contributed by atoms with Crippen molar-refractivity contribution in [3.05, 3.63) is 28.8 Å². The highest BCUT2D eigenvalue weighted by atomic mass is 35.5. The van der Waals surface area contributed by atoms with Gasteiger partial charge in [0.2, 0.25) is 0 Å².